The van der Waals surface area contributed by atoms with Gasteiger partial charge in [0, 0.05) is 12.6 Å². The number of fused-ring (bicyclic) bond motifs is 1. The van der Waals surface area contributed by atoms with Crippen molar-refractivity contribution in [2.24, 2.45) is 10.1 Å². The Bertz CT molecular complexity index is 1050. The van der Waals surface area contributed by atoms with E-state index >= 15 is 0 Å². The lowest BCUT2D eigenvalue weighted by Crippen LogP contribution is -2.24. The number of para-hydroxylation sites is 2. The van der Waals surface area contributed by atoms with E-state index in [1.165, 1.54) is 31.2 Å². The van der Waals surface area contributed by atoms with Gasteiger partial charge >= 0.3 is 6.01 Å². The summed E-state index contributed by atoms with van der Waals surface area (Å²) < 4.78 is 33.5. The number of sulfonamides is 1. The Hall–Kier alpha value is -3.40. The molecule has 0 radical (unpaired) electrons. The first kappa shape index (κ1) is 17.4. The molecule has 0 saturated heterocycles. The number of rotatable bonds is 4. The van der Waals surface area contributed by atoms with Crippen molar-refractivity contribution in [2.45, 2.75) is 11.8 Å². The Balaban J connectivity index is 1.79. The SMILES string of the molecule is CC(=O)Nc1ccc(S(=O)(=O)N=C(N)Nc2nc3ccccc3o2)cc1. The van der Waals surface area contributed by atoms with Crippen LogP contribution in [0.5, 0.6) is 0 Å². The molecule has 0 bridgehead atoms. The highest BCUT2D eigenvalue weighted by molar-refractivity contribution is 7.90. The van der Waals surface area contributed by atoms with E-state index in [0.29, 0.717) is 16.8 Å². The van der Waals surface area contributed by atoms with Crippen LogP contribution < -0.4 is 16.4 Å². The maximum Gasteiger partial charge on any atom is 0.302 e. The number of amides is 1. The summed E-state index contributed by atoms with van der Waals surface area (Å²) in [6.45, 7) is 1.35. The first-order valence-corrected chi connectivity index (χ1v) is 8.88. The normalized spacial score (nSPS) is 12.1. The molecule has 0 aliphatic heterocycles. The molecule has 0 unspecified atom stereocenters. The topological polar surface area (TPSA) is 140 Å². The second-order valence-electron chi connectivity index (χ2n) is 5.27. The number of aromatic nitrogens is 1. The van der Waals surface area contributed by atoms with Crippen LogP contribution in [-0.4, -0.2) is 25.3 Å². The summed E-state index contributed by atoms with van der Waals surface area (Å²) in [4.78, 5) is 15.0. The Labute approximate surface area is 149 Å². The van der Waals surface area contributed by atoms with E-state index in [9.17, 15) is 13.2 Å². The van der Waals surface area contributed by atoms with Gasteiger partial charge < -0.3 is 15.5 Å². The molecule has 0 aliphatic rings. The van der Waals surface area contributed by atoms with Crippen molar-refractivity contribution in [1.29, 1.82) is 0 Å². The highest BCUT2D eigenvalue weighted by atomic mass is 32.2. The molecule has 10 heteroatoms. The Morgan fingerprint density at radius 1 is 1.12 bits per heavy atom. The van der Waals surface area contributed by atoms with Gasteiger partial charge in [-0.15, -0.1) is 4.40 Å². The number of nitrogens with two attached hydrogens (primary N) is 1. The Morgan fingerprint density at radius 3 is 2.46 bits per heavy atom. The molecule has 1 aromatic heterocycles. The minimum absolute atomic E-state index is 0.0312. The number of nitrogens with zero attached hydrogens (tertiary/aromatic N) is 2. The molecule has 0 atom stereocenters. The number of guanidine groups is 1. The molecule has 4 N–H and O–H groups in total. The van der Waals surface area contributed by atoms with E-state index in [-0.39, 0.29) is 22.8 Å². The molecular formula is C16H15N5O4S. The van der Waals surface area contributed by atoms with Crippen LogP contribution in [0.1, 0.15) is 6.92 Å². The third-order valence-electron chi connectivity index (χ3n) is 3.22. The van der Waals surface area contributed by atoms with Gasteiger partial charge in [-0.2, -0.15) is 13.4 Å². The molecule has 1 amide bonds. The molecule has 0 fully saturated rings. The lowest BCUT2D eigenvalue weighted by molar-refractivity contribution is -0.114. The fourth-order valence-electron chi connectivity index (χ4n) is 2.15. The van der Waals surface area contributed by atoms with E-state index in [1.807, 2.05) is 0 Å². The minimum atomic E-state index is -4.04. The first-order valence-electron chi connectivity index (χ1n) is 7.44. The van der Waals surface area contributed by atoms with Crippen molar-refractivity contribution >= 4 is 44.7 Å². The van der Waals surface area contributed by atoms with Crippen molar-refractivity contribution in [3.8, 4) is 0 Å². The van der Waals surface area contributed by atoms with Gasteiger partial charge in [0.25, 0.3) is 10.0 Å². The summed E-state index contributed by atoms with van der Waals surface area (Å²) in [5.74, 6) is -0.645. The first-order chi connectivity index (χ1) is 12.3. The average Bonchev–Trinajstić information content (AvgIpc) is 2.96. The van der Waals surface area contributed by atoms with Crippen molar-refractivity contribution < 1.29 is 17.6 Å². The van der Waals surface area contributed by atoms with Gasteiger partial charge in [0.15, 0.2) is 5.58 Å². The Kier molecular flexibility index (Phi) is 4.59. The van der Waals surface area contributed by atoms with Gasteiger partial charge in [-0.1, -0.05) is 12.1 Å². The third kappa shape index (κ3) is 3.98. The number of benzene rings is 2. The highest BCUT2D eigenvalue weighted by Gasteiger charge is 2.15. The summed E-state index contributed by atoms with van der Waals surface area (Å²) in [6, 6.07) is 12.6. The predicted molar refractivity (Wildman–Crippen MR) is 97.2 cm³/mol. The molecule has 26 heavy (non-hydrogen) atoms. The van der Waals surface area contributed by atoms with E-state index in [1.54, 1.807) is 24.3 Å². The van der Waals surface area contributed by atoms with E-state index in [2.05, 4.69) is 20.0 Å². The second kappa shape index (κ2) is 6.84. The van der Waals surface area contributed by atoms with Crippen LogP contribution in [0.3, 0.4) is 0 Å². The van der Waals surface area contributed by atoms with Crippen molar-refractivity contribution in [2.75, 3.05) is 10.6 Å². The summed E-state index contributed by atoms with van der Waals surface area (Å²) in [5.41, 5.74) is 7.24. The summed E-state index contributed by atoms with van der Waals surface area (Å²) in [6.07, 6.45) is 0. The smallest absolute Gasteiger partial charge is 0.302 e. The van der Waals surface area contributed by atoms with Crippen LogP contribution in [-0.2, 0) is 14.8 Å². The molecule has 3 rings (SSSR count). The molecule has 0 aliphatic carbocycles. The number of hydrogen-bond acceptors (Lipinski definition) is 5. The largest absolute Gasteiger partial charge is 0.423 e. The zero-order chi connectivity index (χ0) is 18.7. The van der Waals surface area contributed by atoms with Gasteiger partial charge in [0.1, 0.15) is 5.52 Å². The fourth-order valence-corrected chi connectivity index (χ4v) is 3.04. The number of carbonyl (C=O) groups excluding carboxylic acids is 1. The summed E-state index contributed by atoms with van der Waals surface area (Å²) in [5, 5.41) is 5.05. The molecule has 0 saturated carbocycles. The highest BCUT2D eigenvalue weighted by Crippen LogP contribution is 2.19. The number of hydrogen-bond donors (Lipinski definition) is 3. The molecule has 9 nitrogen and oxygen atoms in total. The van der Waals surface area contributed by atoms with Crippen LogP contribution in [0.2, 0.25) is 0 Å². The maximum absolute atomic E-state index is 12.3. The number of oxazole rings is 1. The van der Waals surface area contributed by atoms with Crippen molar-refractivity contribution in [3.05, 3.63) is 48.5 Å². The van der Waals surface area contributed by atoms with Gasteiger partial charge in [0.2, 0.25) is 11.9 Å². The zero-order valence-electron chi connectivity index (χ0n) is 13.6. The molecule has 2 aromatic carbocycles. The number of anilines is 2. The van der Waals surface area contributed by atoms with Gasteiger partial charge in [-0.05, 0) is 36.4 Å². The number of carbonyl (C=O) groups is 1. The zero-order valence-corrected chi connectivity index (χ0v) is 14.4. The summed E-state index contributed by atoms with van der Waals surface area (Å²) in [7, 11) is -4.04. The quantitative estimate of drug-likeness (QED) is 0.469. The molecular weight excluding hydrogens is 358 g/mol. The fraction of sp³-hybridized carbons (Fsp3) is 0.0625. The van der Waals surface area contributed by atoms with Crippen LogP contribution in [0, 0.1) is 0 Å². The molecule has 134 valence electrons. The predicted octanol–water partition coefficient (Wildman–Crippen LogP) is 1.90. The molecule has 0 spiro atoms. The van der Waals surface area contributed by atoms with E-state index < -0.39 is 10.0 Å². The second-order valence-corrected chi connectivity index (χ2v) is 6.87. The summed E-state index contributed by atoms with van der Waals surface area (Å²) >= 11 is 0. The van der Waals surface area contributed by atoms with Gasteiger partial charge in [-0.3, -0.25) is 10.1 Å². The Morgan fingerprint density at radius 2 is 1.81 bits per heavy atom. The standard InChI is InChI=1S/C16H15N5O4S/c1-10(22)18-11-6-8-12(9-7-11)26(23,24)21-15(17)20-16-19-13-4-2-3-5-14(13)25-16/h2-9H,1H3,(H,18,22)(H3,17,19,20,21). The molecule has 1 heterocycles. The van der Waals surface area contributed by atoms with Gasteiger partial charge in [-0.25, -0.2) is 0 Å². The maximum atomic E-state index is 12.3. The van der Waals surface area contributed by atoms with E-state index in [4.69, 9.17) is 10.2 Å². The average molecular weight is 373 g/mol. The van der Waals surface area contributed by atoms with Crippen LogP contribution in [0.15, 0.2) is 62.2 Å². The number of nitrogens with one attached hydrogen (secondary N) is 2. The van der Waals surface area contributed by atoms with E-state index in [0.717, 1.165) is 0 Å². The van der Waals surface area contributed by atoms with Crippen molar-refractivity contribution in [3.63, 3.8) is 0 Å². The minimum Gasteiger partial charge on any atom is -0.423 e. The van der Waals surface area contributed by atoms with Crippen molar-refractivity contribution in [1.82, 2.24) is 4.98 Å². The van der Waals surface area contributed by atoms with Crippen LogP contribution in [0.25, 0.3) is 11.1 Å². The third-order valence-corrected chi connectivity index (χ3v) is 4.52. The lowest BCUT2D eigenvalue weighted by Gasteiger charge is -2.04. The molecule has 3 aromatic rings. The van der Waals surface area contributed by atoms with Crippen LogP contribution >= 0.6 is 0 Å². The lowest BCUT2D eigenvalue weighted by atomic mass is 10.3. The monoisotopic (exact) mass is 373 g/mol. The van der Waals surface area contributed by atoms with Crippen LogP contribution in [0.4, 0.5) is 11.7 Å². The van der Waals surface area contributed by atoms with Gasteiger partial charge in [0.05, 0.1) is 4.90 Å².